The molecule has 1 amide bonds. The van der Waals surface area contributed by atoms with Crippen molar-refractivity contribution in [2.45, 2.75) is 39.0 Å². The van der Waals surface area contributed by atoms with E-state index in [1.165, 1.54) is 0 Å². The zero-order valence-electron chi connectivity index (χ0n) is 11.1. The second kappa shape index (κ2) is 8.24. The number of carboxylic acids is 1. The first-order valence-corrected chi connectivity index (χ1v) is 6.55. The lowest BCUT2D eigenvalue weighted by molar-refractivity contribution is -0.312. The molecule has 1 rings (SSSR count). The Kier molecular flexibility index (Phi) is 6.57. The van der Waals surface area contributed by atoms with Gasteiger partial charge in [-0.1, -0.05) is 25.8 Å². The fraction of sp³-hybridized carbons (Fsp3) is 0.500. The second-order valence-electron chi connectivity index (χ2n) is 4.46. The molecule has 1 heterocycles. The lowest BCUT2D eigenvalue weighted by Gasteiger charge is -2.17. The van der Waals surface area contributed by atoms with Crippen LogP contribution in [0.5, 0.6) is 0 Å². The maximum atomic E-state index is 11.6. The Labute approximate surface area is 113 Å². The Morgan fingerprint density at radius 2 is 2.16 bits per heavy atom. The van der Waals surface area contributed by atoms with Crippen LogP contribution in [0, 0.1) is 5.92 Å². The normalized spacial score (nSPS) is 11.8. The van der Waals surface area contributed by atoms with E-state index in [-0.39, 0.29) is 12.3 Å². The topological polar surface area (TPSA) is 82.1 Å². The van der Waals surface area contributed by atoms with E-state index in [1.54, 1.807) is 24.4 Å². The number of aliphatic carboxylic acids is 1. The van der Waals surface area contributed by atoms with E-state index in [9.17, 15) is 14.7 Å². The summed E-state index contributed by atoms with van der Waals surface area (Å²) in [6.07, 6.45) is 4.39. The van der Waals surface area contributed by atoms with Gasteiger partial charge in [0.1, 0.15) is 5.82 Å². The SMILES string of the molecule is CCCC[C@@H](CCC(=O)Nc1ccccn1)C(=O)[O-]. The highest BCUT2D eigenvalue weighted by atomic mass is 16.4. The summed E-state index contributed by atoms with van der Waals surface area (Å²) in [5.74, 6) is -1.36. The smallest absolute Gasteiger partial charge is 0.225 e. The van der Waals surface area contributed by atoms with Crippen molar-refractivity contribution in [3.63, 3.8) is 0 Å². The van der Waals surface area contributed by atoms with Crippen LogP contribution in [-0.4, -0.2) is 16.9 Å². The number of unbranched alkanes of at least 4 members (excludes halogenated alkanes) is 1. The van der Waals surface area contributed by atoms with Crippen LogP contribution in [0.2, 0.25) is 0 Å². The summed E-state index contributed by atoms with van der Waals surface area (Å²) in [4.78, 5) is 26.5. The first-order valence-electron chi connectivity index (χ1n) is 6.55. The van der Waals surface area contributed by atoms with E-state index < -0.39 is 11.9 Å². The molecule has 0 fully saturated rings. The largest absolute Gasteiger partial charge is 0.550 e. The number of hydrogen-bond acceptors (Lipinski definition) is 4. The molecule has 1 atom stereocenters. The number of nitrogens with one attached hydrogen (secondary N) is 1. The molecule has 0 aromatic carbocycles. The maximum absolute atomic E-state index is 11.6. The van der Waals surface area contributed by atoms with Gasteiger partial charge in [0.05, 0.1) is 0 Å². The molecule has 19 heavy (non-hydrogen) atoms. The van der Waals surface area contributed by atoms with Crippen LogP contribution in [0.4, 0.5) is 5.82 Å². The number of anilines is 1. The van der Waals surface area contributed by atoms with Gasteiger partial charge in [-0.2, -0.15) is 0 Å². The van der Waals surface area contributed by atoms with Crippen molar-refractivity contribution in [3.05, 3.63) is 24.4 Å². The molecule has 0 aliphatic heterocycles. The van der Waals surface area contributed by atoms with Crippen molar-refractivity contribution >= 4 is 17.7 Å². The van der Waals surface area contributed by atoms with Crippen LogP contribution < -0.4 is 10.4 Å². The molecule has 1 aromatic rings. The van der Waals surface area contributed by atoms with Gasteiger partial charge in [-0.15, -0.1) is 0 Å². The third-order valence-corrected chi connectivity index (χ3v) is 2.89. The molecular formula is C14H19N2O3-. The van der Waals surface area contributed by atoms with Gasteiger partial charge >= 0.3 is 0 Å². The lowest BCUT2D eigenvalue weighted by atomic mass is 9.97. The van der Waals surface area contributed by atoms with Crippen molar-refractivity contribution in [1.29, 1.82) is 0 Å². The first kappa shape index (κ1) is 15.1. The molecule has 0 aliphatic carbocycles. The monoisotopic (exact) mass is 263 g/mol. The Bertz CT molecular complexity index is 406. The molecule has 0 bridgehead atoms. The third-order valence-electron chi connectivity index (χ3n) is 2.89. The molecule has 0 unspecified atom stereocenters. The van der Waals surface area contributed by atoms with Crippen molar-refractivity contribution < 1.29 is 14.7 Å². The van der Waals surface area contributed by atoms with Gasteiger partial charge < -0.3 is 15.2 Å². The Balaban J connectivity index is 2.37. The molecule has 0 spiro atoms. The highest BCUT2D eigenvalue weighted by molar-refractivity contribution is 5.89. The molecule has 0 radical (unpaired) electrons. The summed E-state index contributed by atoms with van der Waals surface area (Å²) < 4.78 is 0. The number of pyridine rings is 1. The van der Waals surface area contributed by atoms with Gasteiger partial charge in [-0.05, 0) is 30.9 Å². The van der Waals surface area contributed by atoms with Gasteiger partial charge in [0.15, 0.2) is 0 Å². The highest BCUT2D eigenvalue weighted by Gasteiger charge is 2.12. The molecule has 5 nitrogen and oxygen atoms in total. The average molecular weight is 263 g/mol. The molecule has 0 saturated carbocycles. The first-order chi connectivity index (χ1) is 9.13. The quantitative estimate of drug-likeness (QED) is 0.767. The molecule has 104 valence electrons. The molecule has 0 aliphatic rings. The number of amides is 1. The van der Waals surface area contributed by atoms with E-state index in [2.05, 4.69) is 10.3 Å². The van der Waals surface area contributed by atoms with E-state index in [0.29, 0.717) is 18.7 Å². The minimum Gasteiger partial charge on any atom is -0.550 e. The van der Waals surface area contributed by atoms with Crippen molar-refractivity contribution in [2.24, 2.45) is 5.92 Å². The molecule has 5 heteroatoms. The Morgan fingerprint density at radius 3 is 2.74 bits per heavy atom. The van der Waals surface area contributed by atoms with Crippen LogP contribution in [0.3, 0.4) is 0 Å². The van der Waals surface area contributed by atoms with Gasteiger partial charge in [0.2, 0.25) is 5.91 Å². The fourth-order valence-corrected chi connectivity index (χ4v) is 1.78. The van der Waals surface area contributed by atoms with E-state index in [4.69, 9.17) is 0 Å². The predicted octanol–water partition coefficient (Wildman–Crippen LogP) is 1.36. The third kappa shape index (κ3) is 5.99. The highest BCUT2D eigenvalue weighted by Crippen LogP contribution is 2.15. The Hall–Kier alpha value is -1.91. The maximum Gasteiger partial charge on any atom is 0.225 e. The summed E-state index contributed by atoms with van der Waals surface area (Å²) in [7, 11) is 0. The summed E-state index contributed by atoms with van der Waals surface area (Å²) >= 11 is 0. The van der Waals surface area contributed by atoms with E-state index in [0.717, 1.165) is 12.8 Å². The minimum atomic E-state index is -1.07. The summed E-state index contributed by atoms with van der Waals surface area (Å²) in [5.41, 5.74) is 0. The number of carbonyl (C=O) groups is 2. The van der Waals surface area contributed by atoms with Crippen molar-refractivity contribution in [3.8, 4) is 0 Å². The summed E-state index contributed by atoms with van der Waals surface area (Å²) in [6.45, 7) is 2.00. The Morgan fingerprint density at radius 1 is 1.37 bits per heavy atom. The number of carbonyl (C=O) groups excluding carboxylic acids is 2. The van der Waals surface area contributed by atoms with Gasteiger partial charge in [-0.25, -0.2) is 4.98 Å². The van der Waals surface area contributed by atoms with Crippen LogP contribution in [0.25, 0.3) is 0 Å². The molecule has 0 saturated heterocycles. The van der Waals surface area contributed by atoms with Crippen LogP contribution >= 0.6 is 0 Å². The average Bonchev–Trinajstić information content (AvgIpc) is 2.39. The van der Waals surface area contributed by atoms with E-state index in [1.807, 2.05) is 6.92 Å². The number of nitrogens with zero attached hydrogens (tertiary/aromatic N) is 1. The standard InChI is InChI=1S/C14H20N2O3/c1-2-3-6-11(14(18)19)8-9-13(17)16-12-7-4-5-10-15-12/h4-5,7,10-11H,2-3,6,8-9H2,1H3,(H,18,19)(H,15,16,17)/p-1/t11-/m0/s1. The second-order valence-corrected chi connectivity index (χ2v) is 4.46. The van der Waals surface area contributed by atoms with Gasteiger partial charge in [0, 0.05) is 18.6 Å². The number of aromatic nitrogens is 1. The fourth-order valence-electron chi connectivity index (χ4n) is 1.78. The predicted molar refractivity (Wildman–Crippen MR) is 70.1 cm³/mol. The van der Waals surface area contributed by atoms with Crippen molar-refractivity contribution in [1.82, 2.24) is 4.98 Å². The summed E-state index contributed by atoms with van der Waals surface area (Å²) in [5, 5.41) is 13.5. The zero-order valence-corrected chi connectivity index (χ0v) is 11.1. The molecular weight excluding hydrogens is 244 g/mol. The number of carboxylic acid groups (broad SMARTS) is 1. The molecule has 1 aromatic heterocycles. The minimum absolute atomic E-state index is 0.166. The lowest BCUT2D eigenvalue weighted by Crippen LogP contribution is -2.32. The number of hydrogen-bond donors (Lipinski definition) is 1. The van der Waals surface area contributed by atoms with E-state index >= 15 is 0 Å². The molecule has 1 N–H and O–H groups in total. The van der Waals surface area contributed by atoms with Crippen LogP contribution in [-0.2, 0) is 9.59 Å². The van der Waals surface area contributed by atoms with Crippen LogP contribution in [0.15, 0.2) is 24.4 Å². The van der Waals surface area contributed by atoms with Crippen molar-refractivity contribution in [2.75, 3.05) is 5.32 Å². The zero-order chi connectivity index (χ0) is 14.1. The van der Waals surface area contributed by atoms with Gasteiger partial charge in [-0.3, -0.25) is 4.79 Å². The number of rotatable bonds is 8. The van der Waals surface area contributed by atoms with Crippen LogP contribution in [0.1, 0.15) is 39.0 Å². The van der Waals surface area contributed by atoms with Gasteiger partial charge in [0.25, 0.3) is 0 Å². The summed E-state index contributed by atoms with van der Waals surface area (Å²) in [6, 6.07) is 5.21.